The number of benzene rings is 2. The van der Waals surface area contributed by atoms with Crippen molar-refractivity contribution in [1.29, 1.82) is 0 Å². The molecule has 4 rings (SSSR count). The van der Waals surface area contributed by atoms with E-state index in [4.69, 9.17) is 4.74 Å². The van der Waals surface area contributed by atoms with Crippen LogP contribution in [-0.2, 0) is 13.0 Å². The predicted octanol–water partition coefficient (Wildman–Crippen LogP) is 3.26. The van der Waals surface area contributed by atoms with E-state index in [0.717, 1.165) is 25.3 Å². The highest BCUT2D eigenvalue weighted by atomic mass is 16.5. The highest BCUT2D eigenvalue weighted by Gasteiger charge is 2.21. The standard InChI is InChI=1S/C18H18N2O/c1-2-4-18-15(3-1)10-16(21-18)12-19-11-13-5-6-14-7-8-20-17(14)9-13/h1-9,16,19-20H,10-12H2. The SMILES string of the molecule is c1ccc2c(c1)CC(CNCc1ccc3cc[nH]c3c1)O2. The molecule has 0 bridgehead atoms. The van der Waals surface area contributed by atoms with Gasteiger partial charge in [-0.05, 0) is 34.7 Å². The van der Waals surface area contributed by atoms with Crippen LogP contribution in [0.2, 0.25) is 0 Å². The lowest BCUT2D eigenvalue weighted by atomic mass is 10.1. The molecule has 2 aromatic carbocycles. The maximum atomic E-state index is 5.93. The summed E-state index contributed by atoms with van der Waals surface area (Å²) in [6.07, 6.45) is 3.22. The molecular weight excluding hydrogens is 260 g/mol. The average Bonchev–Trinajstić information content (AvgIpc) is 3.12. The van der Waals surface area contributed by atoms with Crippen LogP contribution in [0.3, 0.4) is 0 Å². The molecule has 1 aromatic heterocycles. The molecule has 1 aliphatic rings. The highest BCUT2D eigenvalue weighted by Crippen LogP contribution is 2.27. The quantitative estimate of drug-likeness (QED) is 0.768. The minimum Gasteiger partial charge on any atom is -0.488 e. The minimum absolute atomic E-state index is 0.247. The summed E-state index contributed by atoms with van der Waals surface area (Å²) in [5.41, 5.74) is 3.80. The van der Waals surface area contributed by atoms with Gasteiger partial charge in [0.15, 0.2) is 0 Å². The molecule has 3 nitrogen and oxygen atoms in total. The third-order valence-electron chi connectivity index (χ3n) is 4.03. The molecule has 3 heteroatoms. The second-order valence-electron chi connectivity index (χ2n) is 5.58. The van der Waals surface area contributed by atoms with E-state index in [-0.39, 0.29) is 6.10 Å². The van der Waals surface area contributed by atoms with Crippen LogP contribution in [0.1, 0.15) is 11.1 Å². The van der Waals surface area contributed by atoms with Crippen molar-refractivity contribution in [2.24, 2.45) is 0 Å². The molecular formula is C18H18N2O. The largest absolute Gasteiger partial charge is 0.488 e. The Morgan fingerprint density at radius 3 is 3.05 bits per heavy atom. The van der Waals surface area contributed by atoms with Crippen LogP contribution in [0.25, 0.3) is 10.9 Å². The fourth-order valence-electron chi connectivity index (χ4n) is 2.95. The lowest BCUT2D eigenvalue weighted by molar-refractivity contribution is 0.227. The van der Waals surface area contributed by atoms with Gasteiger partial charge < -0.3 is 15.0 Å². The van der Waals surface area contributed by atoms with Crippen molar-refractivity contribution in [3.8, 4) is 5.75 Å². The number of aromatic amines is 1. The lowest BCUT2D eigenvalue weighted by Crippen LogP contribution is -2.29. The number of rotatable bonds is 4. The Labute approximate surface area is 123 Å². The Morgan fingerprint density at radius 2 is 2.10 bits per heavy atom. The molecule has 2 heterocycles. The number of aromatic nitrogens is 1. The van der Waals surface area contributed by atoms with E-state index in [1.54, 1.807) is 0 Å². The first-order valence-electron chi connectivity index (χ1n) is 7.40. The third kappa shape index (κ3) is 2.52. The van der Waals surface area contributed by atoms with E-state index in [1.165, 1.54) is 22.0 Å². The zero-order valence-corrected chi connectivity index (χ0v) is 11.8. The first-order chi connectivity index (χ1) is 10.4. The zero-order chi connectivity index (χ0) is 14.1. The Kier molecular flexibility index (Phi) is 3.13. The Balaban J connectivity index is 1.34. The minimum atomic E-state index is 0.247. The zero-order valence-electron chi connectivity index (χ0n) is 11.8. The summed E-state index contributed by atoms with van der Waals surface area (Å²) in [6.45, 7) is 1.74. The van der Waals surface area contributed by atoms with Gasteiger partial charge >= 0.3 is 0 Å². The van der Waals surface area contributed by atoms with Gasteiger partial charge in [-0.2, -0.15) is 0 Å². The van der Waals surface area contributed by atoms with Gasteiger partial charge in [0.05, 0.1) is 0 Å². The van der Waals surface area contributed by atoms with Gasteiger partial charge in [-0.1, -0.05) is 30.3 Å². The van der Waals surface area contributed by atoms with Crippen LogP contribution >= 0.6 is 0 Å². The third-order valence-corrected chi connectivity index (χ3v) is 4.03. The Hall–Kier alpha value is -2.26. The molecule has 0 radical (unpaired) electrons. The van der Waals surface area contributed by atoms with Crippen molar-refractivity contribution in [1.82, 2.24) is 10.3 Å². The Bertz CT molecular complexity index is 738. The van der Waals surface area contributed by atoms with Gasteiger partial charge in [-0.15, -0.1) is 0 Å². The number of para-hydroxylation sites is 1. The first-order valence-corrected chi connectivity index (χ1v) is 7.40. The van der Waals surface area contributed by atoms with Crippen LogP contribution in [-0.4, -0.2) is 17.6 Å². The van der Waals surface area contributed by atoms with Crippen LogP contribution in [0.15, 0.2) is 54.7 Å². The van der Waals surface area contributed by atoms with E-state index in [0.29, 0.717) is 0 Å². The summed E-state index contributed by atoms with van der Waals surface area (Å²) < 4.78 is 5.93. The predicted molar refractivity (Wildman–Crippen MR) is 84.6 cm³/mol. The molecule has 2 N–H and O–H groups in total. The summed E-state index contributed by atoms with van der Waals surface area (Å²) in [6, 6.07) is 16.9. The molecule has 0 amide bonds. The van der Waals surface area contributed by atoms with Crippen LogP contribution in [0.4, 0.5) is 0 Å². The summed E-state index contributed by atoms with van der Waals surface area (Å²) >= 11 is 0. The lowest BCUT2D eigenvalue weighted by Gasteiger charge is -2.12. The van der Waals surface area contributed by atoms with Crippen molar-refractivity contribution >= 4 is 10.9 Å². The maximum Gasteiger partial charge on any atom is 0.123 e. The number of hydrogen-bond donors (Lipinski definition) is 2. The smallest absolute Gasteiger partial charge is 0.123 e. The molecule has 21 heavy (non-hydrogen) atoms. The molecule has 0 saturated heterocycles. The van der Waals surface area contributed by atoms with E-state index >= 15 is 0 Å². The van der Waals surface area contributed by atoms with Gasteiger partial charge in [-0.3, -0.25) is 0 Å². The topological polar surface area (TPSA) is 37.0 Å². The molecule has 1 aliphatic heterocycles. The van der Waals surface area contributed by atoms with Gasteiger partial charge in [0.2, 0.25) is 0 Å². The molecule has 0 spiro atoms. The average molecular weight is 278 g/mol. The van der Waals surface area contributed by atoms with E-state index < -0.39 is 0 Å². The summed E-state index contributed by atoms with van der Waals surface area (Å²) in [5, 5.41) is 4.75. The summed E-state index contributed by atoms with van der Waals surface area (Å²) in [5.74, 6) is 1.04. The van der Waals surface area contributed by atoms with Crippen molar-refractivity contribution in [2.45, 2.75) is 19.1 Å². The molecule has 0 aliphatic carbocycles. The van der Waals surface area contributed by atoms with Gasteiger partial charge in [0.1, 0.15) is 11.9 Å². The van der Waals surface area contributed by atoms with Gasteiger partial charge in [-0.25, -0.2) is 0 Å². The monoisotopic (exact) mass is 278 g/mol. The number of H-pyrrole nitrogens is 1. The number of hydrogen-bond acceptors (Lipinski definition) is 2. The normalized spacial score (nSPS) is 16.9. The number of fused-ring (bicyclic) bond motifs is 2. The van der Waals surface area contributed by atoms with Crippen molar-refractivity contribution in [2.75, 3.05) is 6.54 Å². The van der Waals surface area contributed by atoms with Gasteiger partial charge in [0.25, 0.3) is 0 Å². The summed E-state index contributed by atoms with van der Waals surface area (Å²) in [4.78, 5) is 3.25. The fraction of sp³-hybridized carbons (Fsp3) is 0.222. The molecule has 0 saturated carbocycles. The van der Waals surface area contributed by atoms with Gasteiger partial charge in [0, 0.05) is 31.2 Å². The fourth-order valence-corrected chi connectivity index (χ4v) is 2.95. The second-order valence-corrected chi connectivity index (χ2v) is 5.58. The van der Waals surface area contributed by atoms with Crippen LogP contribution < -0.4 is 10.1 Å². The van der Waals surface area contributed by atoms with E-state index in [1.807, 2.05) is 12.3 Å². The Morgan fingerprint density at radius 1 is 1.14 bits per heavy atom. The van der Waals surface area contributed by atoms with Crippen molar-refractivity contribution in [3.05, 3.63) is 65.9 Å². The number of ether oxygens (including phenoxy) is 1. The van der Waals surface area contributed by atoms with E-state index in [9.17, 15) is 0 Å². The molecule has 0 fully saturated rings. The molecule has 1 atom stereocenters. The second kappa shape index (κ2) is 5.26. The van der Waals surface area contributed by atoms with E-state index in [2.05, 4.69) is 52.8 Å². The highest BCUT2D eigenvalue weighted by molar-refractivity contribution is 5.79. The number of nitrogens with one attached hydrogen (secondary N) is 2. The van der Waals surface area contributed by atoms with Crippen molar-refractivity contribution in [3.63, 3.8) is 0 Å². The maximum absolute atomic E-state index is 5.93. The molecule has 3 aromatic rings. The first kappa shape index (κ1) is 12.5. The van der Waals surface area contributed by atoms with Crippen LogP contribution in [0, 0.1) is 0 Å². The molecule has 106 valence electrons. The van der Waals surface area contributed by atoms with Crippen LogP contribution in [0.5, 0.6) is 5.75 Å². The summed E-state index contributed by atoms with van der Waals surface area (Å²) in [7, 11) is 0. The molecule has 1 unspecified atom stereocenters. The van der Waals surface area contributed by atoms with Crippen molar-refractivity contribution < 1.29 is 4.74 Å².